The molecule has 0 aliphatic heterocycles. The van der Waals surface area contributed by atoms with E-state index in [1.807, 2.05) is 6.07 Å². The van der Waals surface area contributed by atoms with E-state index in [1.165, 1.54) is 10.9 Å². The van der Waals surface area contributed by atoms with Crippen molar-refractivity contribution in [3.05, 3.63) is 47.3 Å². The van der Waals surface area contributed by atoms with E-state index in [1.54, 1.807) is 31.2 Å². The summed E-state index contributed by atoms with van der Waals surface area (Å²) in [7, 11) is 0. The maximum Gasteiger partial charge on any atom is 0.339 e. The monoisotopic (exact) mass is 227 g/mol. The fourth-order valence-corrected chi connectivity index (χ4v) is 1.59. The molecule has 0 aliphatic rings. The van der Waals surface area contributed by atoms with Gasteiger partial charge in [0.05, 0.1) is 29.2 Å². The number of nitriles is 1. The lowest BCUT2D eigenvalue weighted by Gasteiger charge is -2.04. The van der Waals surface area contributed by atoms with Crippen LogP contribution in [0.1, 0.15) is 21.6 Å². The molecule has 0 radical (unpaired) electrons. The number of rotatable bonds is 2. The Morgan fingerprint density at radius 3 is 2.88 bits per heavy atom. The zero-order chi connectivity index (χ0) is 12.4. The predicted octanol–water partition coefficient (Wildman–Crippen LogP) is 1.75. The van der Waals surface area contributed by atoms with Crippen LogP contribution in [0.2, 0.25) is 0 Å². The van der Waals surface area contributed by atoms with E-state index in [9.17, 15) is 4.79 Å². The van der Waals surface area contributed by atoms with Crippen molar-refractivity contribution in [2.75, 3.05) is 0 Å². The van der Waals surface area contributed by atoms with Gasteiger partial charge in [-0.2, -0.15) is 10.4 Å². The zero-order valence-electron chi connectivity index (χ0n) is 9.08. The lowest BCUT2D eigenvalue weighted by atomic mass is 10.2. The van der Waals surface area contributed by atoms with Crippen molar-refractivity contribution in [2.24, 2.45) is 0 Å². The van der Waals surface area contributed by atoms with Crippen LogP contribution in [-0.4, -0.2) is 20.9 Å². The van der Waals surface area contributed by atoms with Crippen molar-refractivity contribution in [3.8, 4) is 11.8 Å². The molecule has 5 heteroatoms. The molecule has 5 nitrogen and oxygen atoms in total. The number of carbonyl (C=O) groups is 1. The molecule has 0 unspecified atom stereocenters. The Morgan fingerprint density at radius 1 is 1.53 bits per heavy atom. The molecular weight excluding hydrogens is 218 g/mol. The van der Waals surface area contributed by atoms with E-state index < -0.39 is 5.97 Å². The summed E-state index contributed by atoms with van der Waals surface area (Å²) in [5.74, 6) is -1.01. The van der Waals surface area contributed by atoms with Crippen LogP contribution in [0.3, 0.4) is 0 Å². The van der Waals surface area contributed by atoms with Crippen molar-refractivity contribution in [1.29, 1.82) is 5.26 Å². The van der Waals surface area contributed by atoms with E-state index in [0.717, 1.165) is 0 Å². The van der Waals surface area contributed by atoms with Gasteiger partial charge in [0.1, 0.15) is 5.56 Å². The number of carboxylic acids is 1. The standard InChI is InChI=1S/C12H9N3O2/c1-8-11(12(16)17)7-14-15(8)10-4-2-3-9(5-10)6-13/h2-5,7H,1H3,(H,16,17). The molecule has 0 bridgehead atoms. The number of aromatic carboxylic acids is 1. The molecule has 0 fully saturated rings. The number of benzene rings is 1. The zero-order valence-corrected chi connectivity index (χ0v) is 9.08. The molecule has 84 valence electrons. The van der Waals surface area contributed by atoms with Crippen LogP contribution in [0.4, 0.5) is 0 Å². The molecule has 0 atom stereocenters. The molecule has 1 aromatic heterocycles. The summed E-state index contributed by atoms with van der Waals surface area (Å²) in [5, 5.41) is 21.7. The smallest absolute Gasteiger partial charge is 0.339 e. The minimum absolute atomic E-state index is 0.160. The van der Waals surface area contributed by atoms with Crippen molar-refractivity contribution in [3.63, 3.8) is 0 Å². The summed E-state index contributed by atoms with van der Waals surface area (Å²) in [6, 6.07) is 8.87. The second-order valence-corrected chi connectivity index (χ2v) is 3.52. The number of aromatic nitrogens is 2. The fraction of sp³-hybridized carbons (Fsp3) is 0.0833. The first-order valence-electron chi connectivity index (χ1n) is 4.92. The van der Waals surface area contributed by atoms with Gasteiger partial charge < -0.3 is 5.11 Å². The van der Waals surface area contributed by atoms with Gasteiger partial charge in [-0.3, -0.25) is 0 Å². The third-order valence-electron chi connectivity index (χ3n) is 2.46. The summed E-state index contributed by atoms with van der Waals surface area (Å²) in [6.07, 6.45) is 1.30. The third-order valence-corrected chi connectivity index (χ3v) is 2.46. The second-order valence-electron chi connectivity index (χ2n) is 3.52. The largest absolute Gasteiger partial charge is 0.478 e. The number of hydrogen-bond acceptors (Lipinski definition) is 3. The fourth-order valence-electron chi connectivity index (χ4n) is 1.59. The Bertz CT molecular complexity index is 623. The molecule has 1 N–H and O–H groups in total. The van der Waals surface area contributed by atoms with Gasteiger partial charge >= 0.3 is 5.97 Å². The quantitative estimate of drug-likeness (QED) is 0.847. The molecule has 1 heterocycles. The number of hydrogen-bond donors (Lipinski definition) is 1. The van der Waals surface area contributed by atoms with Gasteiger partial charge in [-0.25, -0.2) is 9.48 Å². The summed E-state index contributed by atoms with van der Waals surface area (Å²) < 4.78 is 1.50. The van der Waals surface area contributed by atoms with E-state index in [2.05, 4.69) is 5.10 Å². The van der Waals surface area contributed by atoms with Crippen LogP contribution in [0.15, 0.2) is 30.5 Å². The Balaban J connectivity index is 2.54. The molecule has 2 aromatic rings. The van der Waals surface area contributed by atoms with Crippen LogP contribution >= 0.6 is 0 Å². The maximum absolute atomic E-state index is 10.9. The molecule has 0 spiro atoms. The first kappa shape index (κ1) is 10.9. The van der Waals surface area contributed by atoms with Crippen LogP contribution in [0, 0.1) is 18.3 Å². The molecule has 17 heavy (non-hydrogen) atoms. The summed E-state index contributed by atoms with van der Waals surface area (Å²) >= 11 is 0. The number of carboxylic acid groups (broad SMARTS) is 1. The lowest BCUT2D eigenvalue weighted by molar-refractivity contribution is 0.0696. The molecular formula is C12H9N3O2. The van der Waals surface area contributed by atoms with Gasteiger partial charge in [-0.05, 0) is 25.1 Å². The summed E-state index contributed by atoms with van der Waals surface area (Å²) in [6.45, 7) is 1.68. The highest BCUT2D eigenvalue weighted by molar-refractivity contribution is 5.88. The SMILES string of the molecule is Cc1c(C(=O)O)cnn1-c1cccc(C#N)c1. The Hall–Kier alpha value is -2.61. The molecule has 0 saturated heterocycles. The highest BCUT2D eigenvalue weighted by Crippen LogP contribution is 2.15. The van der Waals surface area contributed by atoms with E-state index in [4.69, 9.17) is 10.4 Å². The predicted molar refractivity (Wildman–Crippen MR) is 60.0 cm³/mol. The van der Waals surface area contributed by atoms with Crippen molar-refractivity contribution in [1.82, 2.24) is 9.78 Å². The third kappa shape index (κ3) is 1.88. The number of nitrogens with zero attached hydrogens (tertiary/aromatic N) is 3. The Kier molecular flexibility index (Phi) is 2.63. The lowest BCUT2D eigenvalue weighted by Crippen LogP contribution is -2.02. The first-order valence-corrected chi connectivity index (χ1v) is 4.92. The van der Waals surface area contributed by atoms with Crippen LogP contribution < -0.4 is 0 Å². The van der Waals surface area contributed by atoms with Gasteiger partial charge in [0.15, 0.2) is 0 Å². The average Bonchev–Trinajstić information content (AvgIpc) is 2.71. The van der Waals surface area contributed by atoms with E-state index in [-0.39, 0.29) is 5.56 Å². The highest BCUT2D eigenvalue weighted by Gasteiger charge is 2.13. The maximum atomic E-state index is 10.9. The normalized spacial score (nSPS) is 9.88. The Labute approximate surface area is 97.5 Å². The van der Waals surface area contributed by atoms with Crippen LogP contribution in [-0.2, 0) is 0 Å². The van der Waals surface area contributed by atoms with Gasteiger partial charge in [-0.1, -0.05) is 6.07 Å². The van der Waals surface area contributed by atoms with Crippen molar-refractivity contribution < 1.29 is 9.90 Å². The van der Waals surface area contributed by atoms with Gasteiger partial charge in [0, 0.05) is 0 Å². The second kappa shape index (κ2) is 4.10. The van der Waals surface area contributed by atoms with Crippen LogP contribution in [0.5, 0.6) is 0 Å². The molecule has 0 amide bonds. The topological polar surface area (TPSA) is 78.9 Å². The van der Waals surface area contributed by atoms with Crippen molar-refractivity contribution >= 4 is 5.97 Å². The van der Waals surface area contributed by atoms with E-state index >= 15 is 0 Å². The molecule has 0 saturated carbocycles. The van der Waals surface area contributed by atoms with E-state index in [0.29, 0.717) is 16.9 Å². The van der Waals surface area contributed by atoms with Crippen molar-refractivity contribution in [2.45, 2.75) is 6.92 Å². The summed E-state index contributed by atoms with van der Waals surface area (Å²) in [4.78, 5) is 10.9. The molecule has 1 aromatic carbocycles. The van der Waals surface area contributed by atoms with Gasteiger partial charge in [-0.15, -0.1) is 0 Å². The average molecular weight is 227 g/mol. The summed E-state index contributed by atoms with van der Waals surface area (Å²) in [5.41, 5.74) is 1.88. The van der Waals surface area contributed by atoms with Gasteiger partial charge in [0.25, 0.3) is 0 Å². The minimum atomic E-state index is -1.01. The first-order chi connectivity index (χ1) is 8.13. The highest BCUT2D eigenvalue weighted by atomic mass is 16.4. The minimum Gasteiger partial charge on any atom is -0.478 e. The molecule has 0 aliphatic carbocycles. The molecule has 2 rings (SSSR count). The van der Waals surface area contributed by atoms with Gasteiger partial charge in [0.2, 0.25) is 0 Å². The Morgan fingerprint density at radius 2 is 2.29 bits per heavy atom. The van der Waals surface area contributed by atoms with Crippen LogP contribution in [0.25, 0.3) is 5.69 Å².